The molecule has 4 aliphatic rings. The first kappa shape index (κ1) is 30.3. The highest BCUT2D eigenvalue weighted by Gasteiger charge is 2.51. The molecule has 1 aromatic heterocycles. The van der Waals surface area contributed by atoms with Gasteiger partial charge < -0.3 is 30.7 Å². The maximum absolute atomic E-state index is 13.1. The summed E-state index contributed by atoms with van der Waals surface area (Å²) in [6.45, 7) is 7.36. The van der Waals surface area contributed by atoms with Gasteiger partial charge >= 0.3 is 12.1 Å². The molecule has 5 rings (SSSR count). The fraction of sp³-hybridized carbons (Fsp3) is 0.448. The van der Waals surface area contributed by atoms with Crippen LogP contribution in [0.25, 0.3) is 0 Å². The number of hydrogen-bond donors (Lipinski definition) is 3. The lowest BCUT2D eigenvalue weighted by atomic mass is 10.0. The Morgan fingerprint density at radius 1 is 1.28 bits per heavy atom. The lowest BCUT2D eigenvalue weighted by Crippen LogP contribution is -2.68. The molecule has 0 saturated carbocycles. The summed E-state index contributed by atoms with van der Waals surface area (Å²) in [6, 6.07) is 2.98. The number of thioether (sulfide) groups is 1. The van der Waals surface area contributed by atoms with E-state index in [1.54, 1.807) is 32.8 Å². The number of carboxylic acid groups (broad SMARTS) is 1. The predicted octanol–water partition coefficient (Wildman–Crippen LogP) is 0.117. The van der Waals surface area contributed by atoms with E-state index in [0.29, 0.717) is 55.9 Å². The number of β-lactam (4-membered cyclic amide) rings is 1. The van der Waals surface area contributed by atoms with E-state index in [1.807, 2.05) is 19.1 Å². The van der Waals surface area contributed by atoms with Crippen LogP contribution in [0.3, 0.4) is 0 Å². The van der Waals surface area contributed by atoms with Gasteiger partial charge in [-0.05, 0) is 37.0 Å². The van der Waals surface area contributed by atoms with Gasteiger partial charge in [-0.25, -0.2) is 9.59 Å². The number of carbonyl (C=O) groups is 5. The molecule has 4 aliphatic heterocycles. The number of likely N-dealkylation sites (tertiary alicyclic amines) is 2. The van der Waals surface area contributed by atoms with E-state index in [2.05, 4.69) is 11.9 Å². The topological polar surface area (TPSA) is 166 Å². The minimum absolute atomic E-state index is 0.0939. The highest BCUT2D eigenvalue weighted by molar-refractivity contribution is 8.00. The monoisotopic (exact) mass is 611 g/mol. The molecule has 4 N–H and O–H groups in total. The van der Waals surface area contributed by atoms with Crippen LogP contribution in [0, 0.1) is 0 Å². The Kier molecular flexibility index (Phi) is 8.60. The fourth-order valence-corrected chi connectivity index (χ4v) is 6.97. The average molecular weight is 612 g/mol. The lowest BCUT2D eigenvalue weighted by Gasteiger charge is -2.47. The maximum atomic E-state index is 13.1. The zero-order valence-corrected chi connectivity index (χ0v) is 24.7. The van der Waals surface area contributed by atoms with Crippen LogP contribution >= 0.6 is 11.8 Å². The van der Waals surface area contributed by atoms with Gasteiger partial charge in [-0.15, -0.1) is 11.8 Å². The number of carbonyl (C=O) groups excluding carboxylic acids is 4. The molecule has 4 amide bonds. The Bertz CT molecular complexity index is 1430. The van der Waals surface area contributed by atoms with Crippen molar-refractivity contribution in [3.8, 4) is 0 Å². The van der Waals surface area contributed by atoms with Crippen LogP contribution in [-0.2, 0) is 37.0 Å². The Morgan fingerprint density at radius 2 is 2.02 bits per heavy atom. The molecule has 3 fully saturated rings. The number of pyridine rings is 1. The number of ether oxygens (including phenoxy) is 1. The third-order valence-electron chi connectivity index (χ3n) is 7.96. The van der Waals surface area contributed by atoms with E-state index >= 15 is 0 Å². The van der Waals surface area contributed by atoms with E-state index < -0.39 is 34.9 Å². The van der Waals surface area contributed by atoms with Crippen LogP contribution in [-0.4, -0.2) is 98.5 Å². The summed E-state index contributed by atoms with van der Waals surface area (Å²) in [4.78, 5) is 66.6. The number of fused-ring (bicyclic) bond motifs is 1. The largest absolute Gasteiger partial charge is 0.477 e. The number of aliphatic carboxylic acids is 1. The van der Waals surface area contributed by atoms with Crippen molar-refractivity contribution in [2.45, 2.75) is 49.8 Å². The summed E-state index contributed by atoms with van der Waals surface area (Å²) in [6.07, 6.45) is 7.32. The van der Waals surface area contributed by atoms with E-state index in [9.17, 15) is 29.1 Å². The lowest BCUT2D eigenvalue weighted by molar-refractivity contribution is -0.684. The molecule has 3 saturated heterocycles. The SMILES string of the molecule is C=CCOC(=O)N1CCC(C)(NC(=O)C[n+]2ccc(CN3CCC(=CC4=C(C(=O)O)N5C(=O)[C@@H](N)[C@H]5SC4)C3=O)cc2)C1. The summed E-state index contributed by atoms with van der Waals surface area (Å²) in [5.41, 5.74) is 6.98. The first-order valence-electron chi connectivity index (χ1n) is 14.0. The van der Waals surface area contributed by atoms with Gasteiger partial charge in [-0.1, -0.05) is 12.7 Å². The van der Waals surface area contributed by atoms with Gasteiger partial charge in [0.15, 0.2) is 12.4 Å². The number of carboxylic acids is 1. The Morgan fingerprint density at radius 3 is 2.72 bits per heavy atom. The van der Waals surface area contributed by atoms with Crippen molar-refractivity contribution in [2.24, 2.45) is 5.73 Å². The molecule has 5 heterocycles. The molecule has 43 heavy (non-hydrogen) atoms. The van der Waals surface area contributed by atoms with E-state index in [-0.39, 0.29) is 30.7 Å². The van der Waals surface area contributed by atoms with Gasteiger partial charge in [0, 0.05) is 49.6 Å². The average Bonchev–Trinajstić information content (AvgIpc) is 3.53. The Labute approximate surface area is 253 Å². The van der Waals surface area contributed by atoms with E-state index in [0.717, 1.165) is 5.56 Å². The number of amides is 4. The summed E-state index contributed by atoms with van der Waals surface area (Å²) in [7, 11) is 0. The predicted molar refractivity (Wildman–Crippen MR) is 155 cm³/mol. The van der Waals surface area contributed by atoms with Crippen LogP contribution in [0.2, 0.25) is 0 Å². The second-order valence-corrected chi connectivity index (χ2v) is 12.4. The number of allylic oxidation sites excluding steroid dienone is 1. The molecule has 0 aliphatic carbocycles. The summed E-state index contributed by atoms with van der Waals surface area (Å²) in [5, 5.41) is 12.4. The van der Waals surface area contributed by atoms with Gasteiger partial charge in [0.05, 0.1) is 5.54 Å². The molecule has 1 aromatic rings. The number of aromatic nitrogens is 1. The molecule has 14 heteroatoms. The Balaban J connectivity index is 1.15. The Hall–Kier alpha value is -4.17. The zero-order valence-electron chi connectivity index (χ0n) is 23.9. The first-order valence-corrected chi connectivity index (χ1v) is 15.0. The van der Waals surface area contributed by atoms with Crippen molar-refractivity contribution >= 4 is 41.5 Å². The molecule has 0 bridgehead atoms. The van der Waals surface area contributed by atoms with Crippen LogP contribution in [0.15, 0.2) is 60.1 Å². The molecule has 228 valence electrons. The molecule has 0 spiro atoms. The van der Waals surface area contributed by atoms with Gasteiger partial charge in [-0.3, -0.25) is 19.3 Å². The third kappa shape index (κ3) is 6.30. The molecule has 0 radical (unpaired) electrons. The fourth-order valence-electron chi connectivity index (χ4n) is 5.71. The quantitative estimate of drug-likeness (QED) is 0.152. The minimum Gasteiger partial charge on any atom is -0.477 e. The molecular formula is C29H35N6O7S+. The van der Waals surface area contributed by atoms with Crippen molar-refractivity contribution in [3.63, 3.8) is 0 Å². The van der Waals surface area contributed by atoms with Crippen molar-refractivity contribution < 1.29 is 38.4 Å². The molecule has 0 aromatic carbocycles. The van der Waals surface area contributed by atoms with Gasteiger partial charge in [0.2, 0.25) is 18.4 Å². The second kappa shape index (κ2) is 12.2. The highest BCUT2D eigenvalue weighted by Crippen LogP contribution is 2.40. The van der Waals surface area contributed by atoms with Gasteiger partial charge in [0.1, 0.15) is 23.7 Å². The number of nitrogens with zero attached hydrogens (tertiary/aromatic N) is 4. The molecule has 1 unspecified atom stereocenters. The minimum atomic E-state index is -1.21. The van der Waals surface area contributed by atoms with Crippen molar-refractivity contribution in [2.75, 3.05) is 32.0 Å². The van der Waals surface area contributed by atoms with Crippen molar-refractivity contribution in [1.29, 1.82) is 0 Å². The summed E-state index contributed by atoms with van der Waals surface area (Å²) >= 11 is 1.39. The normalized spacial score (nSPS) is 26.0. The van der Waals surface area contributed by atoms with Crippen LogP contribution in [0.1, 0.15) is 25.3 Å². The molecule has 3 atom stereocenters. The van der Waals surface area contributed by atoms with Crippen LogP contribution in [0.5, 0.6) is 0 Å². The first-order chi connectivity index (χ1) is 20.5. The standard InChI is InChI=1S/C29H34N6O7S/c1-3-12-42-28(41)34-11-7-29(2,17-34)31-21(36)15-32-8-4-18(5-9-32)14-33-10-6-19(24(33)37)13-20-16-43-26-22(30)25(38)35(26)23(20)27(39)40/h3-5,8-9,13,22,26H,1,6-7,10-12,14-17,30H2,2H3,(H-,31,36,39,40)/p+1/t22-,26-,29?/m1/s1. The van der Waals surface area contributed by atoms with Crippen molar-refractivity contribution in [1.82, 2.24) is 20.0 Å². The number of nitrogens with two attached hydrogens (primary N) is 1. The smallest absolute Gasteiger partial charge is 0.410 e. The van der Waals surface area contributed by atoms with E-state index in [4.69, 9.17) is 10.5 Å². The number of nitrogens with one attached hydrogen (secondary N) is 1. The molecule has 13 nitrogen and oxygen atoms in total. The van der Waals surface area contributed by atoms with Gasteiger partial charge in [-0.2, -0.15) is 4.57 Å². The van der Waals surface area contributed by atoms with Crippen LogP contribution in [0.4, 0.5) is 4.79 Å². The second-order valence-electron chi connectivity index (χ2n) is 11.3. The summed E-state index contributed by atoms with van der Waals surface area (Å²) in [5.74, 6) is -1.65. The maximum Gasteiger partial charge on any atom is 0.410 e. The van der Waals surface area contributed by atoms with Crippen LogP contribution < -0.4 is 15.6 Å². The third-order valence-corrected chi connectivity index (χ3v) is 9.28. The zero-order chi connectivity index (χ0) is 30.9. The van der Waals surface area contributed by atoms with E-state index in [1.165, 1.54) is 22.7 Å². The number of rotatable bonds is 9. The number of hydrogen-bond acceptors (Lipinski definition) is 8. The highest BCUT2D eigenvalue weighted by atomic mass is 32.2. The summed E-state index contributed by atoms with van der Waals surface area (Å²) < 4.78 is 6.82. The molecular weight excluding hydrogens is 576 g/mol. The van der Waals surface area contributed by atoms with Gasteiger partial charge in [0.25, 0.3) is 5.91 Å². The van der Waals surface area contributed by atoms with Crippen molar-refractivity contribution in [3.05, 3.63) is 65.7 Å².